The molecule has 0 aliphatic rings. The van der Waals surface area contributed by atoms with Crippen molar-refractivity contribution in [1.82, 2.24) is 9.88 Å². The number of ether oxygens (including phenoxy) is 1. The molecule has 6 nitrogen and oxygen atoms in total. The monoisotopic (exact) mass is 241 g/mol. The molecule has 86 valence electrons. The quantitative estimate of drug-likeness (QED) is 0.444. The zero-order chi connectivity index (χ0) is 12.3. The summed E-state index contributed by atoms with van der Waals surface area (Å²) in [6.07, 6.45) is 0. The molecular weight excluding hydrogens is 230 g/mol. The van der Waals surface area contributed by atoms with Crippen LogP contribution >= 0.6 is 12.2 Å². The Morgan fingerprint density at radius 2 is 2.19 bits per heavy atom. The lowest BCUT2D eigenvalue weighted by Gasteiger charge is -2.13. The average Bonchev–Trinajstić information content (AvgIpc) is 2.20. The van der Waals surface area contributed by atoms with Crippen molar-refractivity contribution >= 4 is 23.2 Å². The van der Waals surface area contributed by atoms with Crippen molar-refractivity contribution in [3.8, 4) is 5.75 Å². The summed E-state index contributed by atoms with van der Waals surface area (Å²) >= 11 is 4.89. The number of nitro groups is 1. The van der Waals surface area contributed by atoms with Crippen LogP contribution in [0.25, 0.3) is 0 Å². The second-order valence-corrected chi connectivity index (χ2v) is 3.64. The van der Waals surface area contributed by atoms with E-state index in [1.54, 1.807) is 32.0 Å². The molecule has 7 heteroatoms. The Hall–Kier alpha value is -1.76. The number of hydrogen-bond donors (Lipinski definition) is 0. The van der Waals surface area contributed by atoms with Gasteiger partial charge in [-0.25, -0.2) is 0 Å². The minimum Gasteiger partial charge on any atom is -0.423 e. The fraction of sp³-hybridized carbons (Fsp3) is 0.333. The van der Waals surface area contributed by atoms with Gasteiger partial charge in [-0.15, -0.1) is 0 Å². The molecule has 0 amide bonds. The molecule has 0 N–H and O–H groups in total. The molecule has 1 aromatic rings. The van der Waals surface area contributed by atoms with Gasteiger partial charge >= 0.3 is 5.82 Å². The van der Waals surface area contributed by atoms with Crippen LogP contribution in [0.3, 0.4) is 0 Å². The van der Waals surface area contributed by atoms with Crippen LogP contribution in [0.15, 0.2) is 12.1 Å². The van der Waals surface area contributed by atoms with Crippen LogP contribution in [-0.4, -0.2) is 34.1 Å². The van der Waals surface area contributed by atoms with Crippen molar-refractivity contribution in [3.05, 3.63) is 27.9 Å². The van der Waals surface area contributed by atoms with Gasteiger partial charge in [-0.3, -0.25) is 0 Å². The van der Waals surface area contributed by atoms with Gasteiger partial charge in [0.15, 0.2) is 0 Å². The third-order valence-electron chi connectivity index (χ3n) is 1.71. The van der Waals surface area contributed by atoms with Gasteiger partial charge in [0.2, 0.25) is 5.75 Å². The van der Waals surface area contributed by atoms with E-state index in [4.69, 9.17) is 17.0 Å². The maximum atomic E-state index is 10.7. The third-order valence-corrected chi connectivity index (χ3v) is 2.16. The lowest BCUT2D eigenvalue weighted by molar-refractivity contribution is -0.390. The Labute approximate surface area is 98.0 Å². The van der Waals surface area contributed by atoms with Crippen molar-refractivity contribution in [2.75, 3.05) is 14.1 Å². The highest BCUT2D eigenvalue weighted by Gasteiger charge is 2.19. The predicted octanol–water partition coefficient (Wildman–Crippen LogP) is 1.52. The molecule has 1 rings (SSSR count). The number of aromatic nitrogens is 1. The fourth-order valence-electron chi connectivity index (χ4n) is 0.926. The van der Waals surface area contributed by atoms with Crippen molar-refractivity contribution in [2.45, 2.75) is 6.92 Å². The van der Waals surface area contributed by atoms with Crippen molar-refractivity contribution in [3.63, 3.8) is 0 Å². The molecule has 0 aromatic carbocycles. The summed E-state index contributed by atoms with van der Waals surface area (Å²) < 4.78 is 5.18. The Balaban J connectivity index is 3.04. The van der Waals surface area contributed by atoms with E-state index >= 15 is 0 Å². The van der Waals surface area contributed by atoms with Crippen LogP contribution in [0.5, 0.6) is 5.75 Å². The van der Waals surface area contributed by atoms with Crippen molar-refractivity contribution in [2.24, 2.45) is 0 Å². The van der Waals surface area contributed by atoms with Crippen LogP contribution < -0.4 is 4.74 Å². The number of rotatable bonds is 2. The molecule has 0 aliphatic heterocycles. The number of nitrogens with zero attached hydrogens (tertiary/aromatic N) is 3. The Bertz CT molecular complexity index is 434. The van der Waals surface area contributed by atoms with Gasteiger partial charge in [-0.1, -0.05) is 0 Å². The van der Waals surface area contributed by atoms with Crippen molar-refractivity contribution in [1.29, 1.82) is 0 Å². The number of aryl methyl sites for hydroxylation is 1. The zero-order valence-corrected chi connectivity index (χ0v) is 9.95. The van der Waals surface area contributed by atoms with Crippen LogP contribution in [0.4, 0.5) is 5.82 Å². The van der Waals surface area contributed by atoms with Gasteiger partial charge in [0, 0.05) is 21.0 Å². The van der Waals surface area contributed by atoms with E-state index in [1.165, 1.54) is 6.07 Å². The average molecular weight is 241 g/mol. The second kappa shape index (κ2) is 4.84. The minimum atomic E-state index is -0.597. The van der Waals surface area contributed by atoms with E-state index < -0.39 is 4.92 Å². The summed E-state index contributed by atoms with van der Waals surface area (Å²) in [6.45, 7) is 1.67. The molecule has 0 fully saturated rings. The van der Waals surface area contributed by atoms with E-state index in [2.05, 4.69) is 4.98 Å². The Kier molecular flexibility index (Phi) is 3.73. The highest BCUT2D eigenvalue weighted by Crippen LogP contribution is 2.24. The fourth-order valence-corrected chi connectivity index (χ4v) is 1.02. The van der Waals surface area contributed by atoms with E-state index in [0.717, 1.165) is 0 Å². The maximum absolute atomic E-state index is 10.7. The molecule has 0 atom stereocenters. The SMILES string of the molecule is Cc1ccc(OC(=S)N(C)C)c([N+](=O)[O-])n1. The zero-order valence-electron chi connectivity index (χ0n) is 9.13. The molecule has 0 unspecified atom stereocenters. The Morgan fingerprint density at radius 1 is 1.56 bits per heavy atom. The highest BCUT2D eigenvalue weighted by molar-refractivity contribution is 7.80. The summed E-state index contributed by atoms with van der Waals surface area (Å²) in [5.41, 5.74) is 0.551. The minimum absolute atomic E-state index is 0.0503. The van der Waals surface area contributed by atoms with E-state index in [0.29, 0.717) is 5.69 Å². The largest absolute Gasteiger partial charge is 0.423 e. The molecular formula is C9H11N3O3S. The summed E-state index contributed by atoms with van der Waals surface area (Å²) in [5.74, 6) is -0.279. The first-order valence-electron chi connectivity index (χ1n) is 4.43. The summed E-state index contributed by atoms with van der Waals surface area (Å²) in [4.78, 5) is 15.5. The van der Waals surface area contributed by atoms with E-state index in [-0.39, 0.29) is 16.7 Å². The van der Waals surface area contributed by atoms with E-state index in [9.17, 15) is 10.1 Å². The molecule has 16 heavy (non-hydrogen) atoms. The number of pyridine rings is 1. The second-order valence-electron chi connectivity index (χ2n) is 3.29. The predicted molar refractivity (Wildman–Crippen MR) is 62.5 cm³/mol. The third kappa shape index (κ3) is 2.86. The topological polar surface area (TPSA) is 68.5 Å². The van der Waals surface area contributed by atoms with Gasteiger partial charge < -0.3 is 19.8 Å². The lowest BCUT2D eigenvalue weighted by Crippen LogP contribution is -2.25. The number of hydrogen-bond acceptors (Lipinski definition) is 5. The van der Waals surface area contributed by atoms with Crippen LogP contribution in [0.1, 0.15) is 5.69 Å². The lowest BCUT2D eigenvalue weighted by atomic mass is 10.3. The molecule has 0 saturated heterocycles. The molecule has 0 radical (unpaired) electrons. The molecule has 0 spiro atoms. The van der Waals surface area contributed by atoms with E-state index in [1.807, 2.05) is 0 Å². The molecule has 1 heterocycles. The first-order chi connectivity index (χ1) is 7.41. The molecule has 0 aliphatic carbocycles. The smallest absolute Gasteiger partial charge is 0.407 e. The Morgan fingerprint density at radius 3 is 2.69 bits per heavy atom. The molecule has 1 aromatic heterocycles. The van der Waals surface area contributed by atoms with Gasteiger partial charge in [0.25, 0.3) is 5.17 Å². The van der Waals surface area contributed by atoms with Crippen LogP contribution in [-0.2, 0) is 0 Å². The summed E-state index contributed by atoms with van der Waals surface area (Å²) in [5, 5.41) is 10.9. The summed E-state index contributed by atoms with van der Waals surface area (Å²) in [6, 6.07) is 3.11. The number of thiocarbonyl (C=S) groups is 1. The maximum Gasteiger partial charge on any atom is 0.407 e. The normalized spacial score (nSPS) is 9.69. The molecule has 0 saturated carbocycles. The van der Waals surface area contributed by atoms with Crippen LogP contribution in [0, 0.1) is 17.0 Å². The summed E-state index contributed by atoms with van der Waals surface area (Å²) in [7, 11) is 3.38. The van der Waals surface area contributed by atoms with Gasteiger partial charge in [0.1, 0.15) is 5.69 Å². The standard InChI is InChI=1S/C9H11N3O3S/c1-6-4-5-7(8(10-6)12(13)14)15-9(16)11(2)3/h4-5H,1-3H3. The van der Waals surface area contributed by atoms with Crippen molar-refractivity contribution < 1.29 is 9.66 Å². The highest BCUT2D eigenvalue weighted by atomic mass is 32.1. The first-order valence-corrected chi connectivity index (χ1v) is 4.84. The first kappa shape index (κ1) is 12.3. The van der Waals surface area contributed by atoms with Gasteiger partial charge in [0.05, 0.1) is 0 Å². The van der Waals surface area contributed by atoms with Gasteiger partial charge in [-0.2, -0.15) is 0 Å². The van der Waals surface area contributed by atoms with Crippen LogP contribution in [0.2, 0.25) is 0 Å². The molecule has 0 bridgehead atoms. The van der Waals surface area contributed by atoms with Gasteiger partial charge in [-0.05, 0) is 34.3 Å².